The fourth-order valence-electron chi connectivity index (χ4n) is 2.90. The molecule has 0 saturated carbocycles. The minimum absolute atomic E-state index is 0.386. The van der Waals surface area contributed by atoms with Crippen LogP contribution in [0, 0.1) is 17.2 Å². The second-order valence-electron chi connectivity index (χ2n) is 5.29. The van der Waals surface area contributed by atoms with Crippen molar-refractivity contribution in [2.24, 2.45) is 5.92 Å². The molecule has 0 aliphatic carbocycles. The summed E-state index contributed by atoms with van der Waals surface area (Å²) in [7, 11) is 0. The molecule has 22 heavy (non-hydrogen) atoms. The van der Waals surface area contributed by atoms with Crippen molar-refractivity contribution in [2.45, 2.75) is 18.3 Å². The normalized spacial score (nSPS) is 20.0. The van der Waals surface area contributed by atoms with E-state index in [1.807, 2.05) is 6.07 Å². The zero-order valence-electron chi connectivity index (χ0n) is 12.1. The summed E-state index contributed by atoms with van der Waals surface area (Å²) in [6.07, 6.45) is 0.894. The van der Waals surface area contributed by atoms with Crippen LogP contribution in [0.2, 0.25) is 5.02 Å². The van der Waals surface area contributed by atoms with Crippen LogP contribution in [0.3, 0.4) is 0 Å². The molecule has 1 fully saturated rings. The number of carbonyl (C=O) groups is 1. The summed E-state index contributed by atoms with van der Waals surface area (Å²) in [5.74, 6) is -2.30. The number of nitrogens with zero attached hydrogens (tertiary/aromatic N) is 1. The lowest BCUT2D eigenvalue weighted by Crippen LogP contribution is -2.41. The number of halogens is 1. The van der Waals surface area contributed by atoms with E-state index in [0.717, 1.165) is 5.56 Å². The molecule has 0 aromatic heterocycles. The van der Waals surface area contributed by atoms with E-state index >= 15 is 0 Å². The van der Waals surface area contributed by atoms with Gasteiger partial charge in [-0.25, -0.2) is 0 Å². The Balaban J connectivity index is 2.47. The van der Waals surface area contributed by atoms with Gasteiger partial charge in [-0.05, 0) is 30.5 Å². The Kier molecular flexibility index (Phi) is 5.78. The fourth-order valence-corrected chi connectivity index (χ4v) is 3.02. The van der Waals surface area contributed by atoms with E-state index in [1.54, 1.807) is 24.3 Å². The molecule has 0 bridgehead atoms. The van der Waals surface area contributed by atoms with Gasteiger partial charge >= 0.3 is 5.97 Å². The van der Waals surface area contributed by atoms with Gasteiger partial charge in [0, 0.05) is 23.7 Å². The Labute approximate surface area is 134 Å². The smallest absolute Gasteiger partial charge is 0.321 e. The first-order valence-corrected chi connectivity index (χ1v) is 7.52. The SMILES string of the molecule is N#CC(C(=O)O)C1(c2ccc(Cl)cc2)CCOCCOCC1. The van der Waals surface area contributed by atoms with Crippen molar-refractivity contribution in [3.8, 4) is 6.07 Å². The third kappa shape index (κ3) is 3.58. The summed E-state index contributed by atoms with van der Waals surface area (Å²) in [5, 5.41) is 19.5. The topological polar surface area (TPSA) is 79.6 Å². The maximum atomic E-state index is 11.6. The van der Waals surface area contributed by atoms with Gasteiger partial charge in [-0.3, -0.25) is 4.79 Å². The Hall–Kier alpha value is -1.61. The van der Waals surface area contributed by atoms with Gasteiger partial charge in [-0.2, -0.15) is 5.26 Å². The summed E-state index contributed by atoms with van der Waals surface area (Å²) in [6.45, 7) is 1.72. The molecule has 1 aliphatic heterocycles. The van der Waals surface area contributed by atoms with Crippen molar-refractivity contribution >= 4 is 17.6 Å². The predicted octanol–water partition coefficient (Wildman–Crippen LogP) is 2.63. The van der Waals surface area contributed by atoms with Crippen LogP contribution in [0.15, 0.2) is 24.3 Å². The second-order valence-corrected chi connectivity index (χ2v) is 5.72. The van der Waals surface area contributed by atoms with E-state index in [2.05, 4.69) is 0 Å². The predicted molar refractivity (Wildman–Crippen MR) is 80.7 cm³/mol. The van der Waals surface area contributed by atoms with Gasteiger partial charge in [0.25, 0.3) is 0 Å². The van der Waals surface area contributed by atoms with Crippen LogP contribution in [0.4, 0.5) is 0 Å². The third-order valence-electron chi connectivity index (χ3n) is 4.10. The quantitative estimate of drug-likeness (QED) is 0.925. The van der Waals surface area contributed by atoms with E-state index in [1.165, 1.54) is 0 Å². The molecule has 1 unspecified atom stereocenters. The Morgan fingerprint density at radius 3 is 2.18 bits per heavy atom. The number of benzene rings is 1. The average molecular weight is 324 g/mol. The van der Waals surface area contributed by atoms with Gasteiger partial charge in [-0.1, -0.05) is 23.7 Å². The van der Waals surface area contributed by atoms with Crippen molar-refractivity contribution in [2.75, 3.05) is 26.4 Å². The summed E-state index contributed by atoms with van der Waals surface area (Å²) in [6, 6.07) is 8.94. The van der Waals surface area contributed by atoms with Crippen LogP contribution >= 0.6 is 11.6 Å². The molecule has 6 heteroatoms. The molecule has 0 amide bonds. The zero-order chi connectivity index (χ0) is 16.0. The van der Waals surface area contributed by atoms with Crippen LogP contribution in [0.1, 0.15) is 18.4 Å². The standard InChI is InChI=1S/C16H18ClNO4/c17-13-3-1-12(2-4-13)16(14(11-18)15(19)20)5-7-21-9-10-22-8-6-16/h1-4,14H,5-10H2,(H,19,20). The maximum Gasteiger partial charge on any atom is 0.321 e. The molecule has 2 rings (SSSR count). The van der Waals surface area contributed by atoms with Crippen molar-refractivity contribution in [1.82, 2.24) is 0 Å². The van der Waals surface area contributed by atoms with E-state index in [0.29, 0.717) is 44.3 Å². The monoisotopic (exact) mass is 323 g/mol. The van der Waals surface area contributed by atoms with Gasteiger partial charge in [-0.15, -0.1) is 0 Å². The van der Waals surface area contributed by atoms with E-state index < -0.39 is 17.3 Å². The highest BCUT2D eigenvalue weighted by Gasteiger charge is 2.44. The summed E-state index contributed by atoms with van der Waals surface area (Å²) >= 11 is 5.93. The first-order valence-electron chi connectivity index (χ1n) is 7.14. The average Bonchev–Trinajstić information content (AvgIpc) is 2.61. The molecular formula is C16H18ClNO4. The largest absolute Gasteiger partial charge is 0.480 e. The number of nitriles is 1. The lowest BCUT2D eigenvalue weighted by molar-refractivity contribution is -0.142. The van der Waals surface area contributed by atoms with Gasteiger partial charge < -0.3 is 14.6 Å². The molecular weight excluding hydrogens is 306 g/mol. The fraction of sp³-hybridized carbons (Fsp3) is 0.500. The number of aliphatic carboxylic acids is 1. The highest BCUT2D eigenvalue weighted by molar-refractivity contribution is 6.30. The summed E-state index contributed by atoms with van der Waals surface area (Å²) in [4.78, 5) is 11.6. The molecule has 1 aromatic rings. The molecule has 1 heterocycles. The lowest BCUT2D eigenvalue weighted by atomic mass is 9.66. The maximum absolute atomic E-state index is 11.6. The number of carboxylic acids is 1. The number of rotatable bonds is 3. The highest BCUT2D eigenvalue weighted by Crippen LogP contribution is 2.40. The van der Waals surface area contributed by atoms with Crippen molar-refractivity contribution < 1.29 is 19.4 Å². The van der Waals surface area contributed by atoms with Gasteiger partial charge in [0.2, 0.25) is 0 Å². The molecule has 1 aliphatic rings. The molecule has 1 saturated heterocycles. The molecule has 5 nitrogen and oxygen atoms in total. The van der Waals surface area contributed by atoms with Crippen molar-refractivity contribution in [3.63, 3.8) is 0 Å². The van der Waals surface area contributed by atoms with Crippen LogP contribution in [-0.4, -0.2) is 37.5 Å². The molecule has 1 aromatic carbocycles. The Bertz CT molecular complexity index is 542. The van der Waals surface area contributed by atoms with E-state index in [-0.39, 0.29) is 0 Å². The first-order chi connectivity index (χ1) is 10.6. The van der Waals surface area contributed by atoms with Crippen LogP contribution in [0.25, 0.3) is 0 Å². The van der Waals surface area contributed by atoms with Crippen molar-refractivity contribution in [3.05, 3.63) is 34.9 Å². The first kappa shape index (κ1) is 16.8. The lowest BCUT2D eigenvalue weighted by Gasteiger charge is -2.36. The summed E-state index contributed by atoms with van der Waals surface area (Å²) in [5.41, 5.74) is -0.0739. The van der Waals surface area contributed by atoms with Crippen LogP contribution in [-0.2, 0) is 19.7 Å². The Morgan fingerprint density at radius 2 is 1.73 bits per heavy atom. The van der Waals surface area contributed by atoms with E-state index in [4.69, 9.17) is 21.1 Å². The number of hydrogen-bond acceptors (Lipinski definition) is 4. The minimum Gasteiger partial charge on any atom is -0.480 e. The molecule has 0 spiro atoms. The number of ether oxygens (including phenoxy) is 2. The second kappa shape index (κ2) is 7.59. The van der Waals surface area contributed by atoms with Crippen LogP contribution < -0.4 is 0 Å². The Morgan fingerprint density at radius 1 is 1.18 bits per heavy atom. The minimum atomic E-state index is -1.17. The molecule has 118 valence electrons. The number of hydrogen-bond donors (Lipinski definition) is 1. The highest BCUT2D eigenvalue weighted by atomic mass is 35.5. The van der Waals surface area contributed by atoms with Gasteiger partial charge in [0.05, 0.1) is 19.3 Å². The third-order valence-corrected chi connectivity index (χ3v) is 4.36. The molecule has 1 atom stereocenters. The molecule has 0 radical (unpaired) electrons. The van der Waals surface area contributed by atoms with Gasteiger partial charge in [0.15, 0.2) is 5.92 Å². The van der Waals surface area contributed by atoms with E-state index in [9.17, 15) is 15.2 Å². The van der Waals surface area contributed by atoms with Crippen LogP contribution in [0.5, 0.6) is 0 Å². The van der Waals surface area contributed by atoms with Gasteiger partial charge in [0.1, 0.15) is 0 Å². The van der Waals surface area contributed by atoms with Crippen molar-refractivity contribution in [1.29, 1.82) is 5.26 Å². The molecule has 1 N–H and O–H groups in total. The summed E-state index contributed by atoms with van der Waals surface area (Å²) < 4.78 is 11.0. The number of carboxylic acid groups (broad SMARTS) is 1. The zero-order valence-corrected chi connectivity index (χ0v) is 12.9.